The molecule has 0 aliphatic heterocycles. The minimum Gasteiger partial charge on any atom is -0.480 e. The van der Waals surface area contributed by atoms with Crippen LogP contribution in [0.15, 0.2) is 12.5 Å². The van der Waals surface area contributed by atoms with Crippen molar-refractivity contribution in [3.05, 3.63) is 18.2 Å². The summed E-state index contributed by atoms with van der Waals surface area (Å²) in [6, 6.07) is -1.01. The monoisotopic (exact) mass is 271 g/mol. The lowest BCUT2D eigenvalue weighted by Gasteiger charge is -2.13. The number of imidazole rings is 1. The van der Waals surface area contributed by atoms with E-state index in [-0.39, 0.29) is 19.6 Å². The Morgan fingerprint density at radius 2 is 2.32 bits per heavy atom. The maximum absolute atomic E-state index is 11.5. The molecular weight excluding hydrogens is 254 g/mol. The molecular formula is C11H17N3O5. The molecule has 0 saturated carbocycles. The van der Waals surface area contributed by atoms with Gasteiger partial charge in [-0.15, -0.1) is 0 Å². The van der Waals surface area contributed by atoms with E-state index >= 15 is 0 Å². The fourth-order valence-electron chi connectivity index (χ4n) is 1.36. The highest BCUT2D eigenvalue weighted by atomic mass is 16.5. The molecule has 0 bridgehead atoms. The molecule has 0 aliphatic rings. The first-order chi connectivity index (χ1) is 9.13. The molecule has 8 heteroatoms. The van der Waals surface area contributed by atoms with Gasteiger partial charge in [0, 0.05) is 25.4 Å². The highest BCUT2D eigenvalue weighted by Gasteiger charge is 2.20. The average Bonchev–Trinajstić information content (AvgIpc) is 2.86. The number of carboxylic acids is 1. The predicted octanol–water partition coefficient (Wildman–Crippen LogP) is -0.815. The Labute approximate surface area is 110 Å². The molecule has 19 heavy (non-hydrogen) atoms. The zero-order chi connectivity index (χ0) is 14.1. The largest absolute Gasteiger partial charge is 0.480 e. The van der Waals surface area contributed by atoms with Crippen molar-refractivity contribution in [1.29, 1.82) is 0 Å². The van der Waals surface area contributed by atoms with Gasteiger partial charge in [0.1, 0.15) is 12.6 Å². The molecule has 0 unspecified atom stereocenters. The van der Waals surface area contributed by atoms with E-state index in [0.717, 1.165) is 0 Å². The smallest absolute Gasteiger partial charge is 0.326 e. The van der Waals surface area contributed by atoms with Gasteiger partial charge in [0.25, 0.3) is 0 Å². The Morgan fingerprint density at radius 1 is 1.53 bits per heavy atom. The summed E-state index contributed by atoms with van der Waals surface area (Å²) in [5, 5.41) is 11.4. The Bertz CT molecular complexity index is 393. The fraction of sp³-hybridized carbons (Fsp3) is 0.545. The van der Waals surface area contributed by atoms with Gasteiger partial charge in [0.2, 0.25) is 5.91 Å². The van der Waals surface area contributed by atoms with Crippen molar-refractivity contribution in [1.82, 2.24) is 15.3 Å². The summed E-state index contributed by atoms with van der Waals surface area (Å²) in [4.78, 5) is 29.1. The number of nitrogens with one attached hydrogen (secondary N) is 2. The van der Waals surface area contributed by atoms with Crippen LogP contribution in [0.3, 0.4) is 0 Å². The number of H-pyrrole nitrogens is 1. The normalized spacial score (nSPS) is 12.1. The first kappa shape index (κ1) is 15.1. The van der Waals surface area contributed by atoms with E-state index in [1.165, 1.54) is 19.6 Å². The van der Waals surface area contributed by atoms with E-state index in [1.807, 2.05) is 0 Å². The van der Waals surface area contributed by atoms with Crippen LogP contribution in [0.4, 0.5) is 0 Å². The number of aromatic amines is 1. The number of rotatable bonds is 9. The van der Waals surface area contributed by atoms with E-state index < -0.39 is 17.9 Å². The minimum atomic E-state index is -1.11. The number of amides is 1. The van der Waals surface area contributed by atoms with E-state index in [1.54, 1.807) is 0 Å². The Hall–Kier alpha value is -1.93. The van der Waals surface area contributed by atoms with Crippen LogP contribution in [0.1, 0.15) is 5.69 Å². The zero-order valence-corrected chi connectivity index (χ0v) is 10.6. The van der Waals surface area contributed by atoms with Crippen molar-refractivity contribution < 1.29 is 24.2 Å². The van der Waals surface area contributed by atoms with Gasteiger partial charge in [0.05, 0.1) is 19.5 Å². The number of aromatic nitrogens is 2. The molecule has 1 aromatic heterocycles. The number of hydrogen-bond acceptors (Lipinski definition) is 5. The fourth-order valence-corrected chi connectivity index (χ4v) is 1.36. The van der Waals surface area contributed by atoms with Gasteiger partial charge in [-0.1, -0.05) is 0 Å². The lowest BCUT2D eigenvalue weighted by Crippen LogP contribution is -2.44. The third kappa shape index (κ3) is 5.98. The van der Waals surface area contributed by atoms with Gasteiger partial charge in [0.15, 0.2) is 0 Å². The average molecular weight is 271 g/mol. The van der Waals surface area contributed by atoms with Crippen molar-refractivity contribution in [2.45, 2.75) is 12.5 Å². The third-order valence-corrected chi connectivity index (χ3v) is 2.28. The number of carbonyl (C=O) groups excluding carboxylic acids is 1. The van der Waals surface area contributed by atoms with E-state index in [2.05, 4.69) is 15.3 Å². The highest BCUT2D eigenvalue weighted by Crippen LogP contribution is 1.98. The number of carboxylic acid groups (broad SMARTS) is 1. The quantitative estimate of drug-likeness (QED) is 0.506. The molecule has 8 nitrogen and oxygen atoms in total. The molecule has 106 valence electrons. The lowest BCUT2D eigenvalue weighted by molar-refractivity contribution is -0.142. The molecule has 1 aromatic rings. The summed E-state index contributed by atoms with van der Waals surface area (Å²) >= 11 is 0. The molecule has 1 heterocycles. The Kier molecular flexibility index (Phi) is 6.55. The number of methoxy groups -OCH3 is 1. The predicted molar refractivity (Wildman–Crippen MR) is 64.6 cm³/mol. The SMILES string of the molecule is COCCOCC(=O)N[C@H](Cc1cnc[nH]1)C(=O)O. The van der Waals surface area contributed by atoms with Gasteiger partial charge in [-0.2, -0.15) is 0 Å². The summed E-state index contributed by atoms with van der Waals surface area (Å²) in [5.74, 6) is -1.59. The van der Waals surface area contributed by atoms with E-state index in [9.17, 15) is 9.59 Å². The van der Waals surface area contributed by atoms with Gasteiger partial charge in [-0.05, 0) is 0 Å². The second kappa shape index (κ2) is 8.22. The summed E-state index contributed by atoms with van der Waals surface area (Å²) in [7, 11) is 1.52. The standard InChI is InChI=1S/C11H17N3O5/c1-18-2-3-19-6-10(15)14-9(11(16)17)4-8-5-12-7-13-8/h5,7,9H,2-4,6H2,1H3,(H,12,13)(H,14,15)(H,16,17)/t9-/m1/s1. The second-order valence-electron chi connectivity index (χ2n) is 3.78. The summed E-state index contributed by atoms with van der Waals surface area (Å²) in [5.41, 5.74) is 0.632. The molecule has 0 saturated heterocycles. The number of aliphatic carboxylic acids is 1. The molecule has 3 N–H and O–H groups in total. The van der Waals surface area contributed by atoms with E-state index in [4.69, 9.17) is 14.6 Å². The number of hydrogen-bond donors (Lipinski definition) is 3. The van der Waals surface area contributed by atoms with Crippen LogP contribution in [-0.2, 0) is 25.5 Å². The summed E-state index contributed by atoms with van der Waals surface area (Å²) in [6.07, 6.45) is 3.10. The van der Waals surface area contributed by atoms with Crippen molar-refractivity contribution in [3.8, 4) is 0 Å². The first-order valence-corrected chi connectivity index (χ1v) is 5.69. The Balaban J connectivity index is 2.36. The molecule has 1 atom stereocenters. The number of carbonyl (C=O) groups is 2. The van der Waals surface area contributed by atoms with Gasteiger partial charge < -0.3 is 24.9 Å². The number of nitrogens with zero attached hydrogens (tertiary/aromatic N) is 1. The molecule has 0 radical (unpaired) electrons. The summed E-state index contributed by atoms with van der Waals surface area (Å²) in [6.45, 7) is 0.460. The molecule has 1 rings (SSSR count). The van der Waals surface area contributed by atoms with Crippen LogP contribution in [0.5, 0.6) is 0 Å². The van der Waals surface area contributed by atoms with Crippen LogP contribution >= 0.6 is 0 Å². The van der Waals surface area contributed by atoms with Crippen molar-refractivity contribution >= 4 is 11.9 Å². The van der Waals surface area contributed by atoms with Crippen LogP contribution in [0.25, 0.3) is 0 Å². The van der Waals surface area contributed by atoms with E-state index in [0.29, 0.717) is 12.3 Å². The van der Waals surface area contributed by atoms with Crippen molar-refractivity contribution in [3.63, 3.8) is 0 Å². The third-order valence-electron chi connectivity index (χ3n) is 2.28. The second-order valence-corrected chi connectivity index (χ2v) is 3.78. The van der Waals surface area contributed by atoms with Crippen molar-refractivity contribution in [2.75, 3.05) is 26.9 Å². The highest BCUT2D eigenvalue weighted by molar-refractivity contribution is 5.84. The molecule has 0 fully saturated rings. The van der Waals surface area contributed by atoms with Crippen LogP contribution in [0, 0.1) is 0 Å². The minimum absolute atomic E-state index is 0.138. The summed E-state index contributed by atoms with van der Waals surface area (Å²) < 4.78 is 9.75. The first-order valence-electron chi connectivity index (χ1n) is 5.69. The molecule has 0 aromatic carbocycles. The van der Waals surface area contributed by atoms with Gasteiger partial charge in [-0.25, -0.2) is 9.78 Å². The maximum Gasteiger partial charge on any atom is 0.326 e. The Morgan fingerprint density at radius 3 is 2.89 bits per heavy atom. The van der Waals surface area contributed by atoms with Crippen molar-refractivity contribution in [2.24, 2.45) is 0 Å². The lowest BCUT2D eigenvalue weighted by atomic mass is 10.1. The van der Waals surface area contributed by atoms with Crippen LogP contribution in [-0.4, -0.2) is 59.9 Å². The maximum atomic E-state index is 11.5. The zero-order valence-electron chi connectivity index (χ0n) is 10.6. The van der Waals surface area contributed by atoms with Gasteiger partial charge >= 0.3 is 5.97 Å². The molecule has 1 amide bonds. The molecule has 0 aliphatic carbocycles. The van der Waals surface area contributed by atoms with Crippen LogP contribution in [0.2, 0.25) is 0 Å². The molecule has 0 spiro atoms. The number of ether oxygens (including phenoxy) is 2. The van der Waals surface area contributed by atoms with Gasteiger partial charge in [-0.3, -0.25) is 4.79 Å². The van der Waals surface area contributed by atoms with Crippen LogP contribution < -0.4 is 5.32 Å². The topological polar surface area (TPSA) is 114 Å².